The van der Waals surface area contributed by atoms with Crippen molar-refractivity contribution in [2.45, 2.75) is 31.2 Å². The molecule has 32 heavy (non-hydrogen) atoms. The number of carbonyl (C=O) groups excluding carboxylic acids is 1. The third-order valence-corrected chi connectivity index (χ3v) is 5.99. The molecular weight excluding hydrogens is 421 g/mol. The van der Waals surface area contributed by atoms with Crippen molar-refractivity contribution in [1.29, 1.82) is 0 Å². The van der Waals surface area contributed by atoms with Gasteiger partial charge in [0.15, 0.2) is 5.82 Å². The van der Waals surface area contributed by atoms with E-state index in [9.17, 15) is 18.0 Å². The normalized spacial score (nSPS) is 22.2. The van der Waals surface area contributed by atoms with Gasteiger partial charge in [-0.05, 0) is 37.0 Å². The molecule has 1 amide bonds. The predicted molar refractivity (Wildman–Crippen MR) is 109 cm³/mol. The molecule has 3 atom stereocenters. The second-order valence-corrected chi connectivity index (χ2v) is 8.02. The fourth-order valence-electron chi connectivity index (χ4n) is 4.56. The second kappa shape index (κ2) is 7.89. The topological polar surface area (TPSA) is 68.2 Å². The number of halogens is 3. The van der Waals surface area contributed by atoms with Crippen LogP contribution in [0.15, 0.2) is 61.1 Å². The lowest BCUT2D eigenvalue weighted by Crippen LogP contribution is -2.47. The van der Waals surface area contributed by atoms with E-state index in [4.69, 9.17) is 4.74 Å². The van der Waals surface area contributed by atoms with Gasteiger partial charge in [-0.25, -0.2) is 15.0 Å². The van der Waals surface area contributed by atoms with Crippen LogP contribution in [-0.4, -0.2) is 44.4 Å². The van der Waals surface area contributed by atoms with Crippen molar-refractivity contribution in [3.8, 4) is 17.3 Å². The third kappa shape index (κ3) is 3.79. The SMILES string of the molecule is O=C(c1ccccc1-c1ncccn1)N1CC2CC(Oc3ccc(C(F)(F)F)cn3)C1C2. The quantitative estimate of drug-likeness (QED) is 0.607. The number of hydrogen-bond donors (Lipinski definition) is 0. The van der Waals surface area contributed by atoms with Crippen LogP contribution in [0, 0.1) is 5.92 Å². The number of pyridine rings is 1. The zero-order valence-electron chi connectivity index (χ0n) is 16.9. The minimum Gasteiger partial charge on any atom is -0.472 e. The number of amides is 1. The molecule has 0 radical (unpaired) electrons. The monoisotopic (exact) mass is 440 g/mol. The summed E-state index contributed by atoms with van der Waals surface area (Å²) in [7, 11) is 0. The Morgan fingerprint density at radius 1 is 1.00 bits per heavy atom. The molecule has 1 aliphatic carbocycles. The van der Waals surface area contributed by atoms with Gasteiger partial charge >= 0.3 is 6.18 Å². The number of piperidine rings is 1. The fraction of sp³-hybridized carbons (Fsp3) is 0.304. The Morgan fingerprint density at radius 2 is 1.78 bits per heavy atom. The van der Waals surface area contributed by atoms with Crippen LogP contribution in [0.25, 0.3) is 11.4 Å². The molecular formula is C23H19F3N4O2. The van der Waals surface area contributed by atoms with Crippen molar-refractivity contribution in [1.82, 2.24) is 19.9 Å². The molecule has 0 N–H and O–H groups in total. The Morgan fingerprint density at radius 3 is 2.47 bits per heavy atom. The Hall–Kier alpha value is -3.49. The molecule has 5 rings (SSSR count). The maximum Gasteiger partial charge on any atom is 0.417 e. The Bertz CT molecular complexity index is 1120. The summed E-state index contributed by atoms with van der Waals surface area (Å²) in [5, 5.41) is 0. The number of alkyl halides is 3. The van der Waals surface area contributed by atoms with Crippen LogP contribution in [0.5, 0.6) is 5.88 Å². The number of ether oxygens (including phenoxy) is 1. The maximum absolute atomic E-state index is 13.5. The van der Waals surface area contributed by atoms with Crippen molar-refractivity contribution >= 4 is 5.91 Å². The number of aromatic nitrogens is 3. The predicted octanol–water partition coefficient (Wildman–Crippen LogP) is 4.24. The number of likely N-dealkylation sites (tertiary alicyclic amines) is 1. The molecule has 9 heteroatoms. The molecule has 3 unspecified atom stereocenters. The lowest BCUT2D eigenvalue weighted by atomic mass is 10.0. The molecule has 3 aromatic rings. The van der Waals surface area contributed by atoms with Crippen molar-refractivity contribution in [3.05, 3.63) is 72.2 Å². The molecule has 3 heterocycles. The standard InChI is InChI=1S/C23H19F3N4O2/c24-23(25,26)15-6-7-20(29-12-15)32-19-11-14-10-18(19)30(13-14)22(31)17-5-2-1-4-16(17)21-27-8-3-9-28-21/h1-9,12,14,18-19H,10-11,13H2. The Labute approximate surface area is 182 Å². The van der Waals surface area contributed by atoms with Gasteiger partial charge in [-0.2, -0.15) is 13.2 Å². The summed E-state index contributed by atoms with van der Waals surface area (Å²) in [6.45, 7) is 0.619. The van der Waals surface area contributed by atoms with Gasteiger partial charge in [0.2, 0.25) is 5.88 Å². The first-order chi connectivity index (χ1) is 15.4. The van der Waals surface area contributed by atoms with Gasteiger partial charge in [0.1, 0.15) is 6.10 Å². The highest BCUT2D eigenvalue weighted by Crippen LogP contribution is 2.41. The van der Waals surface area contributed by atoms with Gasteiger partial charge in [0.25, 0.3) is 5.91 Å². The first kappa shape index (κ1) is 20.4. The number of carbonyl (C=O) groups is 1. The maximum atomic E-state index is 13.5. The highest BCUT2D eigenvalue weighted by Gasteiger charge is 2.48. The van der Waals surface area contributed by atoms with Gasteiger partial charge in [-0.15, -0.1) is 0 Å². The highest BCUT2D eigenvalue weighted by atomic mass is 19.4. The van der Waals surface area contributed by atoms with Crippen LogP contribution in [-0.2, 0) is 6.18 Å². The minimum atomic E-state index is -4.45. The van der Waals surface area contributed by atoms with E-state index >= 15 is 0 Å². The van der Waals surface area contributed by atoms with Crippen molar-refractivity contribution in [3.63, 3.8) is 0 Å². The number of hydrogen-bond acceptors (Lipinski definition) is 5. The van der Waals surface area contributed by atoms with Crippen LogP contribution in [0.2, 0.25) is 0 Å². The lowest BCUT2D eigenvalue weighted by Gasteiger charge is -2.33. The fourth-order valence-corrected chi connectivity index (χ4v) is 4.56. The minimum absolute atomic E-state index is 0.126. The van der Waals surface area contributed by atoms with E-state index in [0.29, 0.717) is 23.5 Å². The van der Waals surface area contributed by atoms with Crippen LogP contribution < -0.4 is 4.74 Å². The zero-order chi connectivity index (χ0) is 22.3. The molecule has 1 aliphatic heterocycles. The first-order valence-electron chi connectivity index (χ1n) is 10.3. The van der Waals surface area contributed by atoms with Gasteiger partial charge in [0, 0.05) is 36.8 Å². The van der Waals surface area contributed by atoms with Gasteiger partial charge < -0.3 is 9.64 Å². The molecule has 2 bridgehead atoms. The number of nitrogens with zero attached hydrogens (tertiary/aromatic N) is 4. The zero-order valence-corrected chi connectivity index (χ0v) is 16.9. The summed E-state index contributed by atoms with van der Waals surface area (Å²) in [5.41, 5.74) is 0.342. The smallest absolute Gasteiger partial charge is 0.417 e. The van der Waals surface area contributed by atoms with E-state index in [1.165, 1.54) is 6.07 Å². The van der Waals surface area contributed by atoms with E-state index in [1.807, 2.05) is 12.1 Å². The van der Waals surface area contributed by atoms with Crippen molar-refractivity contribution < 1.29 is 22.7 Å². The summed E-state index contributed by atoms with van der Waals surface area (Å²) in [5.74, 6) is 0.751. The lowest BCUT2D eigenvalue weighted by molar-refractivity contribution is -0.137. The van der Waals surface area contributed by atoms with E-state index in [2.05, 4.69) is 15.0 Å². The Kier molecular flexibility index (Phi) is 5.03. The van der Waals surface area contributed by atoms with Crippen LogP contribution >= 0.6 is 0 Å². The van der Waals surface area contributed by atoms with Crippen molar-refractivity contribution in [2.24, 2.45) is 5.92 Å². The average Bonchev–Trinajstić information content (AvgIpc) is 3.40. The molecule has 164 valence electrons. The highest BCUT2D eigenvalue weighted by molar-refractivity contribution is 6.00. The largest absolute Gasteiger partial charge is 0.472 e. The molecule has 2 fully saturated rings. The second-order valence-electron chi connectivity index (χ2n) is 8.02. The van der Waals surface area contributed by atoms with E-state index < -0.39 is 11.7 Å². The van der Waals surface area contributed by atoms with E-state index in [1.54, 1.807) is 35.5 Å². The summed E-state index contributed by atoms with van der Waals surface area (Å²) in [6, 6.07) is 10.9. The molecule has 0 spiro atoms. The van der Waals surface area contributed by atoms with Gasteiger partial charge in [0.05, 0.1) is 17.2 Å². The number of benzene rings is 1. The van der Waals surface area contributed by atoms with Gasteiger partial charge in [-0.1, -0.05) is 18.2 Å². The summed E-state index contributed by atoms with van der Waals surface area (Å²) < 4.78 is 44.2. The third-order valence-electron chi connectivity index (χ3n) is 5.99. The number of rotatable bonds is 4. The molecule has 1 aromatic carbocycles. The average molecular weight is 440 g/mol. The van der Waals surface area contributed by atoms with Gasteiger partial charge in [-0.3, -0.25) is 4.79 Å². The van der Waals surface area contributed by atoms with E-state index in [-0.39, 0.29) is 29.9 Å². The Balaban J connectivity index is 1.35. The van der Waals surface area contributed by atoms with E-state index in [0.717, 1.165) is 25.1 Å². The number of fused-ring (bicyclic) bond motifs is 2. The van der Waals surface area contributed by atoms with Crippen molar-refractivity contribution in [2.75, 3.05) is 6.54 Å². The molecule has 6 nitrogen and oxygen atoms in total. The molecule has 1 saturated heterocycles. The summed E-state index contributed by atoms with van der Waals surface area (Å²) in [6.07, 6.45) is 0.785. The molecule has 1 saturated carbocycles. The van der Waals surface area contributed by atoms with Crippen LogP contribution in [0.1, 0.15) is 28.8 Å². The summed E-state index contributed by atoms with van der Waals surface area (Å²) >= 11 is 0. The summed E-state index contributed by atoms with van der Waals surface area (Å²) in [4.78, 5) is 27.6. The first-order valence-corrected chi connectivity index (χ1v) is 10.3. The van der Waals surface area contributed by atoms with Crippen LogP contribution in [0.3, 0.4) is 0 Å². The molecule has 2 aliphatic rings. The molecule has 2 aromatic heterocycles. The van der Waals surface area contributed by atoms with Crippen LogP contribution in [0.4, 0.5) is 13.2 Å².